The number of likely N-dealkylation sites (tertiary alicyclic amines) is 1. The fourth-order valence-corrected chi connectivity index (χ4v) is 2.49. The molecule has 18 heavy (non-hydrogen) atoms. The number of aryl methyl sites for hydroxylation is 1. The first-order valence-corrected chi connectivity index (χ1v) is 6.49. The molecule has 5 heteroatoms. The quantitative estimate of drug-likeness (QED) is 0.868. The molecular weight excluding hydrogens is 228 g/mol. The molecule has 1 aromatic rings. The lowest BCUT2D eigenvalue weighted by molar-refractivity contribution is 0.0885. The van der Waals surface area contributed by atoms with Gasteiger partial charge in [-0.2, -0.15) is 0 Å². The summed E-state index contributed by atoms with van der Waals surface area (Å²) in [5.74, 6) is -0.0563. The zero-order valence-corrected chi connectivity index (χ0v) is 11.4. The monoisotopic (exact) mass is 250 g/mol. The van der Waals surface area contributed by atoms with Gasteiger partial charge in [0.2, 0.25) is 0 Å². The molecule has 0 aliphatic carbocycles. The zero-order valence-electron chi connectivity index (χ0n) is 11.4. The maximum atomic E-state index is 12.1. The summed E-state index contributed by atoms with van der Waals surface area (Å²) in [6, 6.07) is 0. The van der Waals surface area contributed by atoms with Crippen molar-refractivity contribution in [3.8, 4) is 0 Å². The number of hydrogen-bond donors (Lipinski definition) is 1. The molecule has 1 aromatic heterocycles. The molecule has 2 rings (SSSR count). The second kappa shape index (κ2) is 5.10. The third-order valence-electron chi connectivity index (χ3n) is 3.32. The highest BCUT2D eigenvalue weighted by Crippen LogP contribution is 2.13. The van der Waals surface area contributed by atoms with Crippen LogP contribution in [0.3, 0.4) is 0 Å². The molecule has 1 N–H and O–H groups in total. The smallest absolute Gasteiger partial charge is 0.270 e. The van der Waals surface area contributed by atoms with E-state index in [9.17, 15) is 4.79 Å². The Balaban J connectivity index is 1.94. The van der Waals surface area contributed by atoms with Gasteiger partial charge in [0.1, 0.15) is 5.69 Å². The van der Waals surface area contributed by atoms with E-state index in [0.717, 1.165) is 19.6 Å². The van der Waals surface area contributed by atoms with Crippen LogP contribution in [0.5, 0.6) is 0 Å². The minimum atomic E-state index is -0.217. The number of nitrogens with zero attached hydrogens (tertiary/aromatic N) is 3. The molecule has 1 amide bonds. The third-order valence-corrected chi connectivity index (χ3v) is 3.32. The highest BCUT2D eigenvalue weighted by molar-refractivity contribution is 5.92. The number of carbonyl (C=O) groups is 1. The lowest BCUT2D eigenvalue weighted by atomic mass is 10.0. The van der Waals surface area contributed by atoms with E-state index in [1.807, 2.05) is 7.05 Å². The number of nitrogens with one attached hydrogen (secondary N) is 1. The molecule has 1 saturated heterocycles. The van der Waals surface area contributed by atoms with E-state index >= 15 is 0 Å². The van der Waals surface area contributed by atoms with Crippen LogP contribution in [0.1, 0.15) is 37.2 Å². The lowest BCUT2D eigenvalue weighted by Crippen LogP contribution is -2.51. The van der Waals surface area contributed by atoms with Gasteiger partial charge >= 0.3 is 0 Å². The molecule has 1 aliphatic rings. The normalized spacial score (nSPS) is 17.1. The average molecular weight is 250 g/mol. The fraction of sp³-hybridized carbons (Fsp3) is 0.692. The lowest BCUT2D eigenvalue weighted by Gasteiger charge is -2.31. The molecular formula is C13H22N4O. The van der Waals surface area contributed by atoms with Crippen LogP contribution in [-0.4, -0.2) is 45.5 Å². The van der Waals surface area contributed by atoms with Crippen molar-refractivity contribution in [2.45, 2.75) is 32.2 Å². The van der Waals surface area contributed by atoms with Crippen LogP contribution in [0, 0.1) is 0 Å². The van der Waals surface area contributed by atoms with Crippen molar-refractivity contribution >= 4 is 5.91 Å². The van der Waals surface area contributed by atoms with Crippen LogP contribution >= 0.6 is 0 Å². The van der Waals surface area contributed by atoms with Crippen molar-refractivity contribution in [1.29, 1.82) is 0 Å². The Labute approximate surface area is 108 Å². The van der Waals surface area contributed by atoms with Gasteiger partial charge in [0, 0.05) is 19.1 Å². The minimum Gasteiger partial charge on any atom is -0.345 e. The number of hydrogen-bond acceptors (Lipinski definition) is 3. The molecule has 2 heterocycles. The van der Waals surface area contributed by atoms with Crippen LogP contribution < -0.4 is 5.32 Å². The molecule has 0 bridgehead atoms. The number of carbonyl (C=O) groups excluding carboxylic acids is 1. The standard InChI is InChI=1S/C13H22N4O/c1-13(2,9-17-6-4-5-7-17)15-12(18)11-8-14-10-16(11)3/h8,10H,4-7,9H2,1-3H3,(H,15,18). The number of amides is 1. The largest absolute Gasteiger partial charge is 0.345 e. The Hall–Kier alpha value is -1.36. The highest BCUT2D eigenvalue weighted by Gasteiger charge is 2.26. The third kappa shape index (κ3) is 3.10. The molecule has 0 radical (unpaired) electrons. The van der Waals surface area contributed by atoms with Gasteiger partial charge in [-0.1, -0.05) is 0 Å². The Bertz CT molecular complexity index is 418. The predicted octanol–water partition coefficient (Wildman–Crippen LogP) is 1.02. The molecule has 1 fully saturated rings. The van der Waals surface area contributed by atoms with Crippen LogP contribution in [0.15, 0.2) is 12.5 Å². The van der Waals surface area contributed by atoms with Gasteiger partial charge in [-0.3, -0.25) is 4.79 Å². The predicted molar refractivity (Wildman–Crippen MR) is 70.4 cm³/mol. The van der Waals surface area contributed by atoms with Crippen LogP contribution in [0.25, 0.3) is 0 Å². The second-order valence-electron chi connectivity index (χ2n) is 5.71. The molecule has 0 aromatic carbocycles. The summed E-state index contributed by atoms with van der Waals surface area (Å²) >= 11 is 0. The van der Waals surface area contributed by atoms with E-state index in [0.29, 0.717) is 5.69 Å². The molecule has 1 aliphatic heterocycles. The molecule has 100 valence electrons. The van der Waals surface area contributed by atoms with Gasteiger partial charge in [-0.05, 0) is 39.8 Å². The summed E-state index contributed by atoms with van der Waals surface area (Å²) in [6.45, 7) is 7.33. The van der Waals surface area contributed by atoms with E-state index in [1.165, 1.54) is 12.8 Å². The average Bonchev–Trinajstić information content (AvgIpc) is 2.87. The molecule has 0 unspecified atom stereocenters. The van der Waals surface area contributed by atoms with Crippen molar-refractivity contribution in [1.82, 2.24) is 19.8 Å². The van der Waals surface area contributed by atoms with Gasteiger partial charge in [0.25, 0.3) is 5.91 Å². The van der Waals surface area contributed by atoms with E-state index in [2.05, 4.69) is 29.0 Å². The minimum absolute atomic E-state index is 0.0563. The number of rotatable bonds is 4. The number of imidazole rings is 1. The number of aromatic nitrogens is 2. The summed E-state index contributed by atoms with van der Waals surface area (Å²) in [5.41, 5.74) is 0.385. The fourth-order valence-electron chi connectivity index (χ4n) is 2.49. The Morgan fingerprint density at radius 2 is 2.11 bits per heavy atom. The SMILES string of the molecule is Cn1cncc1C(=O)NC(C)(C)CN1CCCC1. The van der Waals surface area contributed by atoms with Gasteiger partial charge < -0.3 is 14.8 Å². The topological polar surface area (TPSA) is 50.2 Å². The first kappa shape index (κ1) is 13.1. The van der Waals surface area contributed by atoms with Gasteiger partial charge in [0.15, 0.2) is 0 Å². The van der Waals surface area contributed by atoms with Crippen molar-refractivity contribution in [3.05, 3.63) is 18.2 Å². The van der Waals surface area contributed by atoms with Gasteiger partial charge in [-0.15, -0.1) is 0 Å². The summed E-state index contributed by atoms with van der Waals surface area (Å²) in [6.07, 6.45) is 5.78. The van der Waals surface area contributed by atoms with Crippen molar-refractivity contribution < 1.29 is 4.79 Å². The molecule has 0 spiro atoms. The maximum Gasteiger partial charge on any atom is 0.270 e. The van der Waals surface area contributed by atoms with E-state index in [1.54, 1.807) is 17.1 Å². The highest BCUT2D eigenvalue weighted by atomic mass is 16.2. The van der Waals surface area contributed by atoms with Crippen molar-refractivity contribution in [2.24, 2.45) is 7.05 Å². The van der Waals surface area contributed by atoms with Crippen molar-refractivity contribution in [3.63, 3.8) is 0 Å². The summed E-state index contributed by atoms with van der Waals surface area (Å²) in [5, 5.41) is 3.08. The van der Waals surface area contributed by atoms with Crippen molar-refractivity contribution in [2.75, 3.05) is 19.6 Å². The zero-order chi connectivity index (χ0) is 13.2. The van der Waals surface area contributed by atoms with E-state index in [4.69, 9.17) is 0 Å². The van der Waals surface area contributed by atoms with Crippen LogP contribution in [0.4, 0.5) is 0 Å². The van der Waals surface area contributed by atoms with Gasteiger partial charge in [-0.25, -0.2) is 4.98 Å². The van der Waals surface area contributed by atoms with Crippen LogP contribution in [0.2, 0.25) is 0 Å². The summed E-state index contributed by atoms with van der Waals surface area (Å²) < 4.78 is 1.74. The second-order valence-corrected chi connectivity index (χ2v) is 5.71. The maximum absolute atomic E-state index is 12.1. The molecule has 0 saturated carbocycles. The Morgan fingerprint density at radius 1 is 1.44 bits per heavy atom. The van der Waals surface area contributed by atoms with E-state index < -0.39 is 0 Å². The molecule has 0 atom stereocenters. The first-order chi connectivity index (χ1) is 8.48. The first-order valence-electron chi connectivity index (χ1n) is 6.49. The van der Waals surface area contributed by atoms with E-state index in [-0.39, 0.29) is 11.4 Å². The summed E-state index contributed by atoms with van der Waals surface area (Å²) in [7, 11) is 1.83. The van der Waals surface area contributed by atoms with Gasteiger partial charge in [0.05, 0.1) is 12.5 Å². The summed E-state index contributed by atoms with van der Waals surface area (Å²) in [4.78, 5) is 18.5. The molecule has 5 nitrogen and oxygen atoms in total. The van der Waals surface area contributed by atoms with Crippen LogP contribution in [-0.2, 0) is 7.05 Å². The Kier molecular flexibility index (Phi) is 3.71. The Morgan fingerprint density at radius 3 is 2.67 bits per heavy atom.